The van der Waals surface area contributed by atoms with Gasteiger partial charge in [-0.25, -0.2) is 4.39 Å². The van der Waals surface area contributed by atoms with Crippen LogP contribution in [-0.4, -0.2) is 20.3 Å². The number of alkyl halides is 1. The van der Waals surface area contributed by atoms with Crippen molar-refractivity contribution >= 4 is 0 Å². The van der Waals surface area contributed by atoms with Crippen LogP contribution in [0.5, 0.6) is 11.5 Å². The van der Waals surface area contributed by atoms with E-state index in [1.165, 1.54) is 7.11 Å². The van der Waals surface area contributed by atoms with Crippen molar-refractivity contribution in [1.82, 2.24) is 0 Å². The molecule has 0 spiro atoms. The van der Waals surface area contributed by atoms with Gasteiger partial charge < -0.3 is 15.2 Å². The van der Waals surface area contributed by atoms with Crippen LogP contribution >= 0.6 is 0 Å². The number of halogens is 1. The van der Waals surface area contributed by atoms with Gasteiger partial charge in [0, 0.05) is 6.04 Å². The summed E-state index contributed by atoms with van der Waals surface area (Å²) in [7, 11) is 3.09. The van der Waals surface area contributed by atoms with Crippen molar-refractivity contribution in [2.75, 3.05) is 14.2 Å². The second-order valence-electron chi connectivity index (χ2n) is 3.79. The van der Waals surface area contributed by atoms with Crippen molar-refractivity contribution < 1.29 is 13.9 Å². The first kappa shape index (κ1) is 12.8. The van der Waals surface area contributed by atoms with Gasteiger partial charge in [0.05, 0.1) is 14.2 Å². The van der Waals surface area contributed by atoms with Crippen LogP contribution in [0.4, 0.5) is 4.39 Å². The molecule has 0 radical (unpaired) electrons. The normalized spacial score (nSPS) is 12.3. The summed E-state index contributed by atoms with van der Waals surface area (Å²) >= 11 is 0. The largest absolute Gasteiger partial charge is 0.493 e. The molecule has 1 aromatic rings. The van der Waals surface area contributed by atoms with Crippen LogP contribution in [0.15, 0.2) is 12.1 Å². The molecule has 0 heterocycles. The van der Waals surface area contributed by atoms with Crippen LogP contribution in [0.2, 0.25) is 0 Å². The first-order valence-electron chi connectivity index (χ1n) is 5.17. The van der Waals surface area contributed by atoms with Gasteiger partial charge in [0.25, 0.3) is 0 Å². The number of benzene rings is 1. The van der Waals surface area contributed by atoms with E-state index in [1.807, 2.05) is 6.92 Å². The fourth-order valence-corrected chi connectivity index (χ4v) is 1.62. The van der Waals surface area contributed by atoms with Crippen molar-refractivity contribution in [2.45, 2.75) is 26.1 Å². The van der Waals surface area contributed by atoms with Crippen LogP contribution in [0, 0.1) is 0 Å². The lowest BCUT2D eigenvalue weighted by molar-refractivity contribution is 0.352. The van der Waals surface area contributed by atoms with E-state index in [0.29, 0.717) is 23.5 Å². The third-order valence-corrected chi connectivity index (χ3v) is 2.39. The van der Waals surface area contributed by atoms with Crippen molar-refractivity contribution in [3.05, 3.63) is 23.3 Å². The zero-order valence-electron chi connectivity index (χ0n) is 9.92. The Balaban J connectivity index is 3.15. The van der Waals surface area contributed by atoms with Gasteiger partial charge >= 0.3 is 0 Å². The summed E-state index contributed by atoms with van der Waals surface area (Å²) < 4.78 is 23.1. The van der Waals surface area contributed by atoms with Crippen LogP contribution < -0.4 is 15.2 Å². The molecule has 1 aromatic carbocycles. The quantitative estimate of drug-likeness (QED) is 0.837. The molecule has 1 unspecified atom stereocenters. The average molecular weight is 227 g/mol. The Morgan fingerprint density at radius 3 is 2.06 bits per heavy atom. The summed E-state index contributed by atoms with van der Waals surface area (Å²) in [6.45, 7) is 1.36. The maximum atomic E-state index is 12.9. The molecular weight excluding hydrogens is 209 g/mol. The van der Waals surface area contributed by atoms with Gasteiger partial charge in [-0.2, -0.15) is 0 Å². The highest BCUT2D eigenvalue weighted by Gasteiger charge is 2.12. The molecule has 0 amide bonds. The topological polar surface area (TPSA) is 44.5 Å². The second kappa shape index (κ2) is 5.70. The predicted octanol–water partition coefficient (Wildman–Crippen LogP) is 2.06. The molecule has 90 valence electrons. The Morgan fingerprint density at radius 1 is 1.19 bits per heavy atom. The monoisotopic (exact) mass is 227 g/mol. The molecule has 2 N–H and O–H groups in total. The smallest absolute Gasteiger partial charge is 0.161 e. The molecule has 1 atom stereocenters. The highest BCUT2D eigenvalue weighted by Crippen LogP contribution is 2.31. The maximum absolute atomic E-state index is 12.9. The van der Waals surface area contributed by atoms with E-state index in [2.05, 4.69) is 0 Å². The van der Waals surface area contributed by atoms with Crippen molar-refractivity contribution in [1.29, 1.82) is 0 Å². The zero-order chi connectivity index (χ0) is 12.1. The van der Waals surface area contributed by atoms with Gasteiger partial charge in [0.15, 0.2) is 11.5 Å². The van der Waals surface area contributed by atoms with E-state index in [4.69, 9.17) is 15.2 Å². The van der Waals surface area contributed by atoms with Gasteiger partial charge in [0.1, 0.15) is 6.67 Å². The van der Waals surface area contributed by atoms with Crippen LogP contribution in [0.3, 0.4) is 0 Å². The molecule has 4 heteroatoms. The van der Waals surface area contributed by atoms with E-state index >= 15 is 0 Å². The van der Waals surface area contributed by atoms with Gasteiger partial charge in [0.2, 0.25) is 0 Å². The van der Waals surface area contributed by atoms with Crippen LogP contribution in [-0.2, 0) is 13.1 Å². The lowest BCUT2D eigenvalue weighted by Gasteiger charge is -2.14. The summed E-state index contributed by atoms with van der Waals surface area (Å²) in [4.78, 5) is 0. The van der Waals surface area contributed by atoms with E-state index in [0.717, 1.165) is 5.56 Å². The van der Waals surface area contributed by atoms with E-state index in [-0.39, 0.29) is 6.04 Å². The highest BCUT2D eigenvalue weighted by molar-refractivity contribution is 5.47. The number of methoxy groups -OCH3 is 2. The van der Waals surface area contributed by atoms with Crippen LogP contribution in [0.1, 0.15) is 18.1 Å². The molecule has 3 nitrogen and oxygen atoms in total. The minimum absolute atomic E-state index is 0.0107. The van der Waals surface area contributed by atoms with Crippen molar-refractivity contribution in [3.8, 4) is 11.5 Å². The minimum atomic E-state index is -0.525. The zero-order valence-corrected chi connectivity index (χ0v) is 9.92. The molecule has 1 rings (SSSR count). The highest BCUT2D eigenvalue weighted by atomic mass is 19.1. The molecular formula is C12H18FNO2. The Bertz CT molecular complexity index is 353. The summed E-state index contributed by atoms with van der Waals surface area (Å²) in [5, 5.41) is 0. The fourth-order valence-electron chi connectivity index (χ4n) is 1.62. The second-order valence-corrected chi connectivity index (χ2v) is 3.79. The number of nitrogens with two attached hydrogens (primary N) is 1. The Morgan fingerprint density at radius 2 is 1.69 bits per heavy atom. The third kappa shape index (κ3) is 2.85. The lowest BCUT2D eigenvalue weighted by atomic mass is 10.0. The fraction of sp³-hybridized carbons (Fsp3) is 0.500. The van der Waals surface area contributed by atoms with Gasteiger partial charge in [-0.05, 0) is 36.6 Å². The Kier molecular flexibility index (Phi) is 4.55. The van der Waals surface area contributed by atoms with E-state index in [1.54, 1.807) is 19.2 Å². The number of hydrogen-bond donors (Lipinski definition) is 1. The summed E-state index contributed by atoms with van der Waals surface area (Å²) in [5.41, 5.74) is 7.19. The third-order valence-electron chi connectivity index (χ3n) is 2.39. The molecule has 0 bridgehead atoms. The molecule has 0 fully saturated rings. The summed E-state index contributed by atoms with van der Waals surface area (Å²) in [6, 6.07) is 3.44. The number of ether oxygens (including phenoxy) is 2. The first-order chi connectivity index (χ1) is 7.62. The summed E-state index contributed by atoms with van der Waals surface area (Å²) in [6.07, 6.45) is 0.625. The van der Waals surface area contributed by atoms with Crippen molar-refractivity contribution in [2.24, 2.45) is 5.73 Å². The van der Waals surface area contributed by atoms with Gasteiger partial charge in [-0.1, -0.05) is 0 Å². The lowest BCUT2D eigenvalue weighted by Crippen LogP contribution is -2.18. The van der Waals surface area contributed by atoms with E-state index < -0.39 is 6.67 Å². The Hall–Kier alpha value is -1.29. The number of hydrogen-bond acceptors (Lipinski definition) is 3. The summed E-state index contributed by atoms with van der Waals surface area (Å²) in [5.74, 6) is 1.15. The first-order valence-corrected chi connectivity index (χ1v) is 5.17. The molecule has 0 saturated carbocycles. The van der Waals surface area contributed by atoms with Gasteiger partial charge in [-0.3, -0.25) is 0 Å². The molecule has 0 saturated heterocycles. The molecule has 0 aliphatic carbocycles. The minimum Gasteiger partial charge on any atom is -0.493 e. The molecule has 16 heavy (non-hydrogen) atoms. The SMILES string of the molecule is COc1cc(CF)c(CC(C)N)cc1OC. The molecule has 0 aromatic heterocycles. The van der Waals surface area contributed by atoms with Gasteiger partial charge in [-0.15, -0.1) is 0 Å². The average Bonchev–Trinajstić information content (AvgIpc) is 2.27. The predicted molar refractivity (Wildman–Crippen MR) is 61.7 cm³/mol. The standard InChI is InChI=1S/C12H18FNO2/c1-8(14)4-9-5-11(15-2)12(16-3)6-10(9)7-13/h5-6,8H,4,7,14H2,1-3H3. The number of rotatable bonds is 5. The van der Waals surface area contributed by atoms with E-state index in [9.17, 15) is 4.39 Å². The Labute approximate surface area is 95.4 Å². The maximum Gasteiger partial charge on any atom is 0.161 e. The van der Waals surface area contributed by atoms with Crippen LogP contribution in [0.25, 0.3) is 0 Å². The molecule has 0 aliphatic heterocycles. The molecule has 0 aliphatic rings. The van der Waals surface area contributed by atoms with Crippen molar-refractivity contribution in [3.63, 3.8) is 0 Å².